The quantitative estimate of drug-likeness (QED) is 0.188. The summed E-state index contributed by atoms with van der Waals surface area (Å²) in [6.45, 7) is 13.3. The molecule has 2 heterocycles. The molecule has 7 rings (SSSR count). The van der Waals surface area contributed by atoms with E-state index in [1.807, 2.05) is 66.9 Å². The topological polar surface area (TPSA) is 59.2 Å². The maximum atomic E-state index is 12.0. The lowest BCUT2D eigenvalue weighted by atomic mass is 9.76. The number of aromatic nitrogens is 2. The predicted molar refractivity (Wildman–Crippen MR) is 201 cm³/mol. The molecule has 0 aliphatic rings. The molecule has 0 amide bonds. The van der Waals surface area contributed by atoms with E-state index in [4.69, 9.17) is 9.40 Å². The fourth-order valence-electron chi connectivity index (χ4n) is 6.65. The number of benzene rings is 5. The summed E-state index contributed by atoms with van der Waals surface area (Å²) in [6.07, 6.45) is 1.83. The molecule has 0 aliphatic heterocycles. The average molecular weight is 643 g/mol. The molecule has 0 saturated heterocycles. The summed E-state index contributed by atoms with van der Waals surface area (Å²) in [5.74, 6) is 0.518. The average Bonchev–Trinajstić information content (AvgIpc) is 3.56. The number of oxazole rings is 1. The van der Waals surface area contributed by atoms with Crippen LogP contribution in [0.3, 0.4) is 0 Å². The number of pyridine rings is 1. The van der Waals surface area contributed by atoms with Gasteiger partial charge in [0, 0.05) is 34.2 Å². The molecule has 0 radical (unpaired) electrons. The van der Waals surface area contributed by atoms with E-state index in [1.54, 1.807) is 0 Å². The van der Waals surface area contributed by atoms with Gasteiger partial charge in [-0.1, -0.05) is 133 Å². The number of hydrogen-bond acceptors (Lipinski definition) is 4. The molecule has 0 spiro atoms. The summed E-state index contributed by atoms with van der Waals surface area (Å²) < 4.78 is 6.54. The third kappa shape index (κ3) is 6.15. The van der Waals surface area contributed by atoms with Crippen LogP contribution < -0.4 is 0 Å². The Morgan fingerprint density at radius 2 is 1.33 bits per heavy atom. The highest BCUT2D eigenvalue weighted by Crippen LogP contribution is 2.45. The van der Waals surface area contributed by atoms with E-state index in [0.29, 0.717) is 17.0 Å². The number of rotatable bonds is 7. The fourth-order valence-corrected chi connectivity index (χ4v) is 6.65. The fraction of sp³-hybridized carbons (Fsp3) is 0.200. The number of aromatic hydroxyl groups is 1. The van der Waals surface area contributed by atoms with E-state index in [9.17, 15) is 5.11 Å². The Labute approximate surface area is 289 Å². The summed E-state index contributed by atoms with van der Waals surface area (Å²) in [5.41, 5.74) is 11.0. The molecular formula is C45H42N2O2. The summed E-state index contributed by atoms with van der Waals surface area (Å²) in [6, 6.07) is 43.7. The monoisotopic (exact) mass is 642 g/mol. The molecule has 49 heavy (non-hydrogen) atoms. The molecule has 7 aromatic rings. The highest BCUT2D eigenvalue weighted by atomic mass is 16.3. The maximum Gasteiger partial charge on any atom is 0.231 e. The van der Waals surface area contributed by atoms with Crippen molar-refractivity contribution < 1.29 is 9.52 Å². The first kappa shape index (κ1) is 32.1. The van der Waals surface area contributed by atoms with Gasteiger partial charge in [-0.3, -0.25) is 4.98 Å². The molecule has 0 aliphatic carbocycles. The van der Waals surface area contributed by atoms with Crippen LogP contribution in [0.25, 0.3) is 44.9 Å². The van der Waals surface area contributed by atoms with Crippen molar-refractivity contribution in [2.45, 2.75) is 58.3 Å². The van der Waals surface area contributed by atoms with E-state index in [1.165, 1.54) is 11.1 Å². The van der Waals surface area contributed by atoms with Crippen LogP contribution in [0.5, 0.6) is 5.75 Å². The smallest absolute Gasteiger partial charge is 0.231 e. The van der Waals surface area contributed by atoms with E-state index in [2.05, 4.69) is 113 Å². The van der Waals surface area contributed by atoms with Crippen molar-refractivity contribution in [3.63, 3.8) is 0 Å². The molecule has 5 aromatic carbocycles. The highest BCUT2D eigenvalue weighted by Gasteiger charge is 2.29. The van der Waals surface area contributed by atoms with Crippen molar-refractivity contribution in [1.82, 2.24) is 9.97 Å². The minimum Gasteiger partial charge on any atom is -0.507 e. The molecule has 244 valence electrons. The number of para-hydroxylation sites is 1. The van der Waals surface area contributed by atoms with Crippen LogP contribution in [-0.4, -0.2) is 15.1 Å². The SMILES string of the molecule is CC(c1ccccc1)c1cc(C(C)(C)c2ccccc2)cc(-c2nc3c(-c4cc(-c5ccccn5)cc(C(C)(C)C)c4)cccc3o2)c1O. The zero-order chi connectivity index (χ0) is 34.3. The third-order valence-electron chi connectivity index (χ3n) is 9.84. The van der Waals surface area contributed by atoms with Crippen LogP contribution in [0.2, 0.25) is 0 Å². The minimum absolute atomic E-state index is 0.0587. The second-order valence-electron chi connectivity index (χ2n) is 14.5. The van der Waals surface area contributed by atoms with Crippen molar-refractivity contribution in [1.29, 1.82) is 0 Å². The van der Waals surface area contributed by atoms with Crippen molar-refractivity contribution in [2.75, 3.05) is 0 Å². The number of nitrogens with zero attached hydrogens (tertiary/aromatic N) is 2. The lowest BCUT2D eigenvalue weighted by Crippen LogP contribution is -2.19. The first-order chi connectivity index (χ1) is 23.5. The van der Waals surface area contributed by atoms with Crippen LogP contribution in [0.15, 0.2) is 138 Å². The van der Waals surface area contributed by atoms with Gasteiger partial charge in [0.2, 0.25) is 5.89 Å². The number of phenolic OH excluding ortho intramolecular Hbond substituents is 1. The Hall–Kier alpha value is -5.48. The lowest BCUT2D eigenvalue weighted by molar-refractivity contribution is 0.464. The van der Waals surface area contributed by atoms with Gasteiger partial charge in [-0.15, -0.1) is 0 Å². The normalized spacial score (nSPS) is 12.7. The van der Waals surface area contributed by atoms with E-state index >= 15 is 0 Å². The van der Waals surface area contributed by atoms with Gasteiger partial charge in [-0.05, 0) is 69.6 Å². The first-order valence-electron chi connectivity index (χ1n) is 17.0. The lowest BCUT2D eigenvalue weighted by Gasteiger charge is -2.28. The zero-order valence-electron chi connectivity index (χ0n) is 29.0. The molecule has 0 bridgehead atoms. The van der Waals surface area contributed by atoms with Crippen molar-refractivity contribution in [3.05, 3.63) is 161 Å². The molecule has 0 fully saturated rings. The van der Waals surface area contributed by atoms with Gasteiger partial charge in [0.1, 0.15) is 11.3 Å². The standard InChI is InChI=1S/C45H42N2O2/c1-29(30-16-9-7-10-17-30)37-27-35(45(5,6)33-18-11-8-12-19-33)28-38(42(37)48)43-47-41-36(20-15-22-40(41)49-43)31-24-32(39-21-13-14-23-46-39)26-34(25-31)44(2,3)4/h7-29,48H,1-6H3. The second kappa shape index (κ2) is 12.5. The predicted octanol–water partition coefficient (Wildman–Crippen LogP) is 11.7. The van der Waals surface area contributed by atoms with Crippen LogP contribution in [-0.2, 0) is 10.8 Å². The second-order valence-corrected chi connectivity index (χ2v) is 14.5. The molecule has 1 unspecified atom stereocenters. The Kier molecular flexibility index (Phi) is 8.20. The molecule has 0 saturated carbocycles. The minimum atomic E-state index is -0.346. The molecule has 2 aromatic heterocycles. The van der Waals surface area contributed by atoms with Gasteiger partial charge in [-0.25, -0.2) is 4.98 Å². The van der Waals surface area contributed by atoms with Crippen molar-refractivity contribution in [2.24, 2.45) is 0 Å². The van der Waals surface area contributed by atoms with Gasteiger partial charge in [0.15, 0.2) is 5.58 Å². The molecule has 1 N–H and O–H groups in total. The van der Waals surface area contributed by atoms with Gasteiger partial charge in [0.05, 0.1) is 11.3 Å². The molecule has 1 atom stereocenters. The highest BCUT2D eigenvalue weighted by molar-refractivity contribution is 5.93. The van der Waals surface area contributed by atoms with Crippen LogP contribution in [0.4, 0.5) is 0 Å². The van der Waals surface area contributed by atoms with Crippen LogP contribution in [0, 0.1) is 0 Å². The van der Waals surface area contributed by atoms with Crippen LogP contribution >= 0.6 is 0 Å². The van der Waals surface area contributed by atoms with E-state index < -0.39 is 0 Å². The number of hydrogen-bond donors (Lipinski definition) is 1. The zero-order valence-corrected chi connectivity index (χ0v) is 29.0. The van der Waals surface area contributed by atoms with Crippen molar-refractivity contribution >= 4 is 11.1 Å². The summed E-state index contributed by atoms with van der Waals surface area (Å²) in [5, 5.41) is 12.0. The van der Waals surface area contributed by atoms with Gasteiger partial charge >= 0.3 is 0 Å². The summed E-state index contributed by atoms with van der Waals surface area (Å²) in [4.78, 5) is 9.80. The molecular weight excluding hydrogens is 601 g/mol. The molecule has 4 heteroatoms. The number of phenols is 1. The number of fused-ring (bicyclic) bond motifs is 1. The van der Waals surface area contributed by atoms with Gasteiger partial charge in [0.25, 0.3) is 0 Å². The third-order valence-corrected chi connectivity index (χ3v) is 9.84. The first-order valence-corrected chi connectivity index (χ1v) is 17.0. The molecule has 4 nitrogen and oxygen atoms in total. The van der Waals surface area contributed by atoms with Crippen molar-refractivity contribution in [3.8, 4) is 39.6 Å². The van der Waals surface area contributed by atoms with E-state index in [0.717, 1.165) is 44.6 Å². The van der Waals surface area contributed by atoms with Gasteiger partial charge < -0.3 is 9.52 Å². The maximum absolute atomic E-state index is 12.0. The Bertz CT molecular complexity index is 2250. The van der Waals surface area contributed by atoms with E-state index in [-0.39, 0.29) is 22.5 Å². The summed E-state index contributed by atoms with van der Waals surface area (Å²) >= 11 is 0. The Balaban J connectivity index is 1.42. The Morgan fingerprint density at radius 3 is 2.02 bits per heavy atom. The summed E-state index contributed by atoms with van der Waals surface area (Å²) in [7, 11) is 0. The largest absolute Gasteiger partial charge is 0.507 e. The van der Waals surface area contributed by atoms with Gasteiger partial charge in [-0.2, -0.15) is 0 Å². The Morgan fingerprint density at radius 1 is 0.633 bits per heavy atom. The van der Waals surface area contributed by atoms with Crippen LogP contribution in [0.1, 0.15) is 75.3 Å².